The highest BCUT2D eigenvalue weighted by Crippen LogP contribution is 2.47. The maximum absolute atomic E-state index is 12.9. The van der Waals surface area contributed by atoms with Crippen LogP contribution in [-0.4, -0.2) is 36.1 Å². The van der Waals surface area contributed by atoms with Gasteiger partial charge in [0.15, 0.2) is 0 Å². The molecule has 1 saturated carbocycles. The number of esters is 1. The van der Waals surface area contributed by atoms with Crippen LogP contribution >= 0.6 is 12.4 Å². The van der Waals surface area contributed by atoms with Gasteiger partial charge in [-0.2, -0.15) is 0 Å². The van der Waals surface area contributed by atoms with E-state index in [0.29, 0.717) is 18.0 Å². The maximum Gasteiger partial charge on any atom is 0.311 e. The topological polar surface area (TPSA) is 29.5 Å². The molecule has 0 N–H and O–H groups in total. The Morgan fingerprint density at radius 1 is 1.12 bits per heavy atom. The van der Waals surface area contributed by atoms with Crippen molar-refractivity contribution in [1.29, 1.82) is 0 Å². The number of carbonyl (C=O) groups is 1. The van der Waals surface area contributed by atoms with E-state index < -0.39 is 0 Å². The third-order valence-corrected chi connectivity index (χ3v) is 6.38. The summed E-state index contributed by atoms with van der Waals surface area (Å²) < 4.78 is 5.83. The van der Waals surface area contributed by atoms with Crippen LogP contribution in [0.25, 0.3) is 0 Å². The van der Waals surface area contributed by atoms with Crippen molar-refractivity contribution >= 4 is 18.4 Å². The summed E-state index contributed by atoms with van der Waals surface area (Å²) in [5.74, 6) is 0.372. The highest BCUT2D eigenvalue weighted by atomic mass is 35.5. The molecule has 3 unspecified atom stereocenters. The molecule has 0 amide bonds. The lowest BCUT2D eigenvalue weighted by molar-refractivity contribution is -0.162. The van der Waals surface area contributed by atoms with Crippen molar-refractivity contribution in [3.8, 4) is 0 Å². The summed E-state index contributed by atoms with van der Waals surface area (Å²) in [5, 5.41) is 0. The van der Waals surface area contributed by atoms with E-state index in [-0.39, 0.29) is 30.4 Å². The third kappa shape index (κ3) is 3.09. The first-order valence-electron chi connectivity index (χ1n) is 9.12. The molecule has 1 aromatic rings. The lowest BCUT2D eigenvalue weighted by atomic mass is 9.76. The second-order valence-electron chi connectivity index (χ2n) is 7.73. The highest BCUT2D eigenvalue weighted by molar-refractivity contribution is 5.85. The van der Waals surface area contributed by atoms with Crippen molar-refractivity contribution in [2.24, 2.45) is 5.92 Å². The molecule has 3 fully saturated rings. The van der Waals surface area contributed by atoms with Gasteiger partial charge in [-0.25, -0.2) is 0 Å². The Labute approximate surface area is 151 Å². The Morgan fingerprint density at radius 3 is 2.46 bits per heavy atom. The van der Waals surface area contributed by atoms with Gasteiger partial charge in [-0.15, -0.1) is 12.4 Å². The van der Waals surface area contributed by atoms with Crippen molar-refractivity contribution in [2.75, 3.05) is 7.05 Å². The van der Waals surface area contributed by atoms with E-state index in [1.807, 2.05) is 0 Å². The van der Waals surface area contributed by atoms with E-state index in [9.17, 15) is 4.79 Å². The molecule has 0 radical (unpaired) electrons. The molecule has 0 aromatic heterocycles. The fourth-order valence-electron chi connectivity index (χ4n) is 4.68. The molecule has 2 aliphatic heterocycles. The molecule has 4 heteroatoms. The number of hydrogen-bond acceptors (Lipinski definition) is 3. The zero-order chi connectivity index (χ0) is 16.0. The highest BCUT2D eigenvalue weighted by Gasteiger charge is 2.50. The fourth-order valence-corrected chi connectivity index (χ4v) is 4.68. The summed E-state index contributed by atoms with van der Waals surface area (Å²) >= 11 is 0. The van der Waals surface area contributed by atoms with Gasteiger partial charge in [0.05, 0.1) is 5.92 Å². The van der Waals surface area contributed by atoms with Gasteiger partial charge in [0.2, 0.25) is 0 Å². The Bertz CT molecular complexity index is 584. The lowest BCUT2D eigenvalue weighted by Gasteiger charge is -2.42. The van der Waals surface area contributed by atoms with Crippen molar-refractivity contribution in [1.82, 2.24) is 4.90 Å². The molecule has 2 heterocycles. The van der Waals surface area contributed by atoms with Crippen LogP contribution in [0.15, 0.2) is 24.3 Å². The van der Waals surface area contributed by atoms with Gasteiger partial charge >= 0.3 is 5.97 Å². The molecular formula is C20H28ClNO2. The number of hydrogen-bond donors (Lipinski definition) is 0. The molecule has 3 nitrogen and oxygen atoms in total. The first-order valence-corrected chi connectivity index (χ1v) is 9.12. The first-order chi connectivity index (χ1) is 11.1. The number of halogens is 1. The summed E-state index contributed by atoms with van der Waals surface area (Å²) in [6, 6.07) is 9.75. The van der Waals surface area contributed by atoms with Gasteiger partial charge in [0.25, 0.3) is 0 Å². The minimum Gasteiger partial charge on any atom is -0.462 e. The van der Waals surface area contributed by atoms with Gasteiger partial charge in [0.1, 0.15) is 6.10 Å². The van der Waals surface area contributed by atoms with E-state index in [1.54, 1.807) is 0 Å². The predicted octanol–water partition coefficient (Wildman–Crippen LogP) is 4.08. The summed E-state index contributed by atoms with van der Waals surface area (Å²) in [6.45, 7) is 2.12. The number of piperidine rings is 1. The number of benzene rings is 1. The normalized spacial score (nSPS) is 32.8. The van der Waals surface area contributed by atoms with Crippen LogP contribution in [0.2, 0.25) is 0 Å². The Hall–Kier alpha value is -1.06. The monoisotopic (exact) mass is 349 g/mol. The second kappa shape index (κ2) is 7.05. The van der Waals surface area contributed by atoms with Crippen LogP contribution in [0.5, 0.6) is 0 Å². The minimum atomic E-state index is 0. The van der Waals surface area contributed by atoms with Crippen molar-refractivity contribution in [3.05, 3.63) is 35.4 Å². The molecule has 0 spiro atoms. The first kappa shape index (κ1) is 17.8. The van der Waals surface area contributed by atoms with E-state index in [1.165, 1.54) is 24.0 Å². The van der Waals surface area contributed by atoms with Gasteiger partial charge in [-0.1, -0.05) is 29.8 Å². The molecule has 4 atom stereocenters. The molecular weight excluding hydrogens is 322 g/mol. The van der Waals surface area contributed by atoms with Gasteiger partial charge in [-0.3, -0.25) is 9.69 Å². The van der Waals surface area contributed by atoms with Crippen molar-refractivity contribution in [2.45, 2.75) is 69.6 Å². The molecule has 132 valence electrons. The Kier molecular flexibility index (Phi) is 5.22. The number of ether oxygens (including phenoxy) is 1. The number of fused-ring (bicyclic) bond motifs is 2. The molecule has 4 rings (SSSR count). The number of nitrogens with zero attached hydrogens (tertiary/aromatic N) is 1. The van der Waals surface area contributed by atoms with E-state index >= 15 is 0 Å². The quantitative estimate of drug-likeness (QED) is 0.770. The van der Waals surface area contributed by atoms with Crippen LogP contribution in [0.1, 0.15) is 55.6 Å². The van der Waals surface area contributed by atoms with Crippen LogP contribution in [0.4, 0.5) is 0 Å². The summed E-state index contributed by atoms with van der Waals surface area (Å²) in [6.07, 6.45) is 6.93. The van der Waals surface area contributed by atoms with Crippen LogP contribution in [0.3, 0.4) is 0 Å². The van der Waals surface area contributed by atoms with Gasteiger partial charge < -0.3 is 4.74 Å². The summed E-state index contributed by atoms with van der Waals surface area (Å²) in [7, 11) is 2.19. The van der Waals surface area contributed by atoms with Crippen molar-refractivity contribution < 1.29 is 9.53 Å². The Morgan fingerprint density at radius 2 is 1.83 bits per heavy atom. The molecule has 3 aliphatic rings. The van der Waals surface area contributed by atoms with Crippen LogP contribution < -0.4 is 0 Å². The largest absolute Gasteiger partial charge is 0.462 e. The predicted molar refractivity (Wildman–Crippen MR) is 97.6 cm³/mol. The van der Waals surface area contributed by atoms with Gasteiger partial charge in [-0.05, 0) is 58.1 Å². The van der Waals surface area contributed by atoms with E-state index in [4.69, 9.17) is 4.74 Å². The molecule has 2 saturated heterocycles. The number of carbonyl (C=O) groups excluding carboxylic acids is 1. The van der Waals surface area contributed by atoms with E-state index in [2.05, 4.69) is 43.1 Å². The fraction of sp³-hybridized carbons (Fsp3) is 0.650. The van der Waals surface area contributed by atoms with E-state index in [0.717, 1.165) is 25.7 Å². The zero-order valence-electron chi connectivity index (χ0n) is 14.6. The van der Waals surface area contributed by atoms with Crippen LogP contribution in [-0.2, 0) is 9.53 Å². The summed E-state index contributed by atoms with van der Waals surface area (Å²) in [4.78, 5) is 15.4. The maximum atomic E-state index is 12.9. The standard InChI is InChI=1S/C20H27NO2.ClH/c1-13-6-8-14(9-7-13)17-12-15-10-11-18(21(15)2)19(17)20(22)23-16-4-3-5-16;/h6-9,15-19H,3-5,10-12H2,1-2H3;1H/t15?,17?,18?,19-;/m0./s1. The average molecular weight is 350 g/mol. The molecule has 2 bridgehead atoms. The molecule has 1 aliphatic carbocycles. The SMILES string of the molecule is Cc1ccc(C2CC3CCC([C@H]2C(=O)OC2CCC2)N3C)cc1.Cl. The average Bonchev–Trinajstić information content (AvgIpc) is 2.74. The number of aryl methyl sites for hydroxylation is 1. The molecule has 24 heavy (non-hydrogen) atoms. The number of rotatable bonds is 3. The smallest absolute Gasteiger partial charge is 0.311 e. The zero-order valence-corrected chi connectivity index (χ0v) is 15.4. The minimum absolute atomic E-state index is 0. The Balaban J connectivity index is 0.00000169. The lowest BCUT2D eigenvalue weighted by Crippen LogP contribution is -2.49. The third-order valence-electron chi connectivity index (χ3n) is 6.38. The summed E-state index contributed by atoms with van der Waals surface area (Å²) in [5.41, 5.74) is 2.59. The second-order valence-corrected chi connectivity index (χ2v) is 7.73. The van der Waals surface area contributed by atoms with Crippen LogP contribution in [0, 0.1) is 12.8 Å². The van der Waals surface area contributed by atoms with Crippen molar-refractivity contribution in [3.63, 3.8) is 0 Å². The van der Waals surface area contributed by atoms with Gasteiger partial charge in [0, 0.05) is 18.0 Å². The molecule has 1 aromatic carbocycles.